The molecule has 174 valence electrons. The highest BCUT2D eigenvalue weighted by molar-refractivity contribution is 7.91. The minimum absolute atomic E-state index is 0.0402. The summed E-state index contributed by atoms with van der Waals surface area (Å²) in [6.07, 6.45) is 1.09. The number of hydrogen-bond donors (Lipinski definition) is 0. The monoisotopic (exact) mass is 461 g/mol. The Kier molecular flexibility index (Phi) is 7.38. The number of benzene rings is 1. The maximum absolute atomic E-state index is 12.9. The molecule has 1 amide bonds. The van der Waals surface area contributed by atoms with Gasteiger partial charge in [0.15, 0.2) is 16.4 Å². The normalized spacial score (nSPS) is 18.3. The molecule has 0 radical (unpaired) electrons. The van der Waals surface area contributed by atoms with Crippen molar-refractivity contribution in [3.05, 3.63) is 52.8 Å². The average Bonchev–Trinajstić information content (AvgIpc) is 3.24. The van der Waals surface area contributed by atoms with Crippen LogP contribution in [0.2, 0.25) is 0 Å². The van der Waals surface area contributed by atoms with Gasteiger partial charge in [0.05, 0.1) is 29.4 Å². The van der Waals surface area contributed by atoms with Crippen LogP contribution < -0.4 is 0 Å². The first-order valence-electron chi connectivity index (χ1n) is 10.9. The lowest BCUT2D eigenvalue weighted by Crippen LogP contribution is -2.48. The molecule has 2 atom stereocenters. The number of carbonyl (C=O) groups is 2. The number of nitrogens with zero attached hydrogens (tertiary/aromatic N) is 3. The zero-order chi connectivity index (χ0) is 23.5. The zero-order valence-electron chi connectivity index (χ0n) is 19.1. The quantitative estimate of drug-likeness (QED) is 0.560. The molecule has 2 aromatic rings. The first-order valence-corrected chi connectivity index (χ1v) is 12.7. The van der Waals surface area contributed by atoms with E-state index >= 15 is 0 Å². The van der Waals surface area contributed by atoms with Crippen molar-refractivity contribution in [2.75, 3.05) is 18.1 Å². The van der Waals surface area contributed by atoms with Crippen molar-refractivity contribution in [1.82, 2.24) is 14.7 Å². The number of aryl methyl sites for hydroxylation is 1. The van der Waals surface area contributed by atoms with E-state index in [9.17, 15) is 18.0 Å². The molecule has 1 aliphatic heterocycles. The highest BCUT2D eigenvalue weighted by Crippen LogP contribution is 2.22. The molecule has 0 unspecified atom stereocenters. The predicted molar refractivity (Wildman–Crippen MR) is 121 cm³/mol. The molecule has 9 heteroatoms. The van der Waals surface area contributed by atoms with Crippen LogP contribution in [0.5, 0.6) is 0 Å². The molecule has 1 saturated heterocycles. The van der Waals surface area contributed by atoms with E-state index in [0.29, 0.717) is 36.3 Å². The number of esters is 1. The van der Waals surface area contributed by atoms with Crippen molar-refractivity contribution >= 4 is 21.7 Å². The second kappa shape index (κ2) is 9.85. The van der Waals surface area contributed by atoms with Crippen LogP contribution in [0.1, 0.15) is 54.0 Å². The van der Waals surface area contributed by atoms with Crippen LogP contribution in [0.25, 0.3) is 0 Å². The molecule has 1 aliphatic rings. The van der Waals surface area contributed by atoms with Crippen molar-refractivity contribution in [1.29, 1.82) is 0 Å². The Morgan fingerprint density at radius 1 is 1.25 bits per heavy atom. The summed E-state index contributed by atoms with van der Waals surface area (Å²) in [6, 6.07) is 9.28. The summed E-state index contributed by atoms with van der Waals surface area (Å²) >= 11 is 0. The Morgan fingerprint density at radius 3 is 2.53 bits per heavy atom. The van der Waals surface area contributed by atoms with E-state index in [0.717, 1.165) is 5.56 Å². The molecular formula is C23H31N3O5S. The fraction of sp³-hybridized carbons (Fsp3) is 0.522. The van der Waals surface area contributed by atoms with E-state index in [4.69, 9.17) is 4.74 Å². The molecule has 0 N–H and O–H groups in total. The third-order valence-corrected chi connectivity index (χ3v) is 7.79. The van der Waals surface area contributed by atoms with Crippen molar-refractivity contribution in [3.8, 4) is 0 Å². The summed E-state index contributed by atoms with van der Waals surface area (Å²) in [4.78, 5) is 27.3. The van der Waals surface area contributed by atoms with Crippen molar-refractivity contribution in [3.63, 3.8) is 0 Å². The fourth-order valence-corrected chi connectivity index (χ4v) is 5.89. The summed E-state index contributed by atoms with van der Waals surface area (Å²) in [6.45, 7) is 7.46. The largest absolute Gasteiger partial charge is 0.452 e. The minimum Gasteiger partial charge on any atom is -0.452 e. The summed E-state index contributed by atoms with van der Waals surface area (Å²) in [5.41, 5.74) is 2.62. The number of aromatic nitrogens is 2. The molecule has 0 aliphatic carbocycles. The lowest BCUT2D eigenvalue weighted by Gasteiger charge is -2.33. The van der Waals surface area contributed by atoms with Crippen LogP contribution in [0.4, 0.5) is 0 Å². The van der Waals surface area contributed by atoms with E-state index in [-0.39, 0.29) is 29.5 Å². The van der Waals surface area contributed by atoms with E-state index < -0.39 is 22.4 Å². The number of sulfone groups is 1. The number of amides is 1. The molecule has 8 nitrogen and oxygen atoms in total. The van der Waals surface area contributed by atoms with Gasteiger partial charge in [0, 0.05) is 12.1 Å². The minimum atomic E-state index is -3.14. The molecule has 3 rings (SSSR count). The summed E-state index contributed by atoms with van der Waals surface area (Å²) in [5, 5.41) is 4.46. The predicted octanol–water partition coefficient (Wildman–Crippen LogP) is 2.52. The van der Waals surface area contributed by atoms with Crippen molar-refractivity contribution in [2.45, 2.75) is 59.2 Å². The van der Waals surface area contributed by atoms with Crippen LogP contribution >= 0.6 is 0 Å². The van der Waals surface area contributed by atoms with Gasteiger partial charge in [-0.2, -0.15) is 5.10 Å². The Bertz CT molecular complexity index is 1080. The maximum Gasteiger partial charge on any atom is 0.342 e. The molecule has 32 heavy (non-hydrogen) atoms. The number of ether oxygens (including phenoxy) is 1. The van der Waals surface area contributed by atoms with Crippen LogP contribution in [0.3, 0.4) is 0 Å². The van der Waals surface area contributed by atoms with E-state index in [1.807, 2.05) is 44.2 Å². The third kappa shape index (κ3) is 5.38. The molecule has 0 bridgehead atoms. The Balaban J connectivity index is 1.69. The van der Waals surface area contributed by atoms with Crippen molar-refractivity contribution in [2.24, 2.45) is 0 Å². The molecule has 1 aromatic carbocycles. The first kappa shape index (κ1) is 24.0. The molecule has 1 fully saturated rings. The highest BCUT2D eigenvalue weighted by Gasteiger charge is 2.37. The van der Waals surface area contributed by atoms with Gasteiger partial charge in [-0.25, -0.2) is 13.2 Å². The van der Waals surface area contributed by atoms with E-state index in [1.165, 1.54) is 0 Å². The molecule has 0 saturated carbocycles. The number of rotatable bonds is 8. The highest BCUT2D eigenvalue weighted by atomic mass is 32.2. The van der Waals surface area contributed by atoms with Gasteiger partial charge in [-0.05, 0) is 39.2 Å². The van der Waals surface area contributed by atoms with Gasteiger partial charge in [0.1, 0.15) is 5.56 Å². The third-order valence-electron chi connectivity index (χ3n) is 6.04. The van der Waals surface area contributed by atoms with Crippen LogP contribution in [-0.4, -0.2) is 65.2 Å². The Labute approximate surface area is 189 Å². The smallest absolute Gasteiger partial charge is 0.342 e. The van der Waals surface area contributed by atoms with Gasteiger partial charge >= 0.3 is 5.97 Å². The van der Waals surface area contributed by atoms with Crippen LogP contribution in [-0.2, 0) is 25.9 Å². The van der Waals surface area contributed by atoms with Gasteiger partial charge in [-0.15, -0.1) is 0 Å². The van der Waals surface area contributed by atoms with E-state index in [2.05, 4.69) is 5.10 Å². The van der Waals surface area contributed by atoms with Gasteiger partial charge in [0.2, 0.25) is 0 Å². The SMILES string of the molecule is CC[C@H](C)N(C(=O)COC(=O)c1c(C)nn(Cc2ccccc2)c1C)[C@H]1CCS(=O)(=O)C1. The second-order valence-electron chi connectivity index (χ2n) is 8.38. The zero-order valence-corrected chi connectivity index (χ0v) is 19.9. The topological polar surface area (TPSA) is 98.6 Å². The van der Waals surface area contributed by atoms with E-state index in [1.54, 1.807) is 23.4 Å². The van der Waals surface area contributed by atoms with Gasteiger partial charge in [-0.3, -0.25) is 9.48 Å². The summed E-state index contributed by atoms with van der Waals surface area (Å²) in [5.74, 6) is -0.935. The van der Waals surface area contributed by atoms with Gasteiger partial charge in [-0.1, -0.05) is 37.3 Å². The molecule has 1 aromatic heterocycles. The molecule has 2 heterocycles. The number of carbonyl (C=O) groups excluding carboxylic acids is 2. The Hall–Kier alpha value is -2.68. The maximum atomic E-state index is 12.9. The summed E-state index contributed by atoms with van der Waals surface area (Å²) in [7, 11) is -3.14. The lowest BCUT2D eigenvalue weighted by molar-refractivity contribution is -0.138. The Morgan fingerprint density at radius 2 is 1.94 bits per heavy atom. The lowest BCUT2D eigenvalue weighted by atomic mass is 10.1. The molecular weight excluding hydrogens is 430 g/mol. The van der Waals surface area contributed by atoms with Crippen LogP contribution in [0, 0.1) is 13.8 Å². The standard InChI is InChI=1S/C23H31N3O5S/c1-5-16(2)26(20-11-12-32(29,30)15-20)21(27)14-31-23(28)22-17(3)24-25(18(22)4)13-19-9-7-6-8-10-19/h6-10,16,20H,5,11-15H2,1-4H3/t16-,20-/m0/s1. The van der Waals surface area contributed by atoms with Gasteiger partial charge in [0.25, 0.3) is 5.91 Å². The van der Waals surface area contributed by atoms with Gasteiger partial charge < -0.3 is 9.64 Å². The van der Waals surface area contributed by atoms with Crippen molar-refractivity contribution < 1.29 is 22.7 Å². The number of hydrogen-bond acceptors (Lipinski definition) is 6. The summed E-state index contributed by atoms with van der Waals surface area (Å²) < 4.78 is 30.9. The molecule has 0 spiro atoms. The second-order valence-corrected chi connectivity index (χ2v) is 10.6. The van der Waals surface area contributed by atoms with Crippen LogP contribution in [0.15, 0.2) is 30.3 Å². The first-order chi connectivity index (χ1) is 15.1. The fourth-order valence-electron chi connectivity index (χ4n) is 4.18. The average molecular weight is 462 g/mol.